The van der Waals surface area contributed by atoms with Crippen LogP contribution in [0.4, 0.5) is 4.39 Å². The molecule has 2 aromatic rings. The summed E-state index contributed by atoms with van der Waals surface area (Å²) in [6, 6.07) is 10.5. The van der Waals surface area contributed by atoms with Crippen molar-refractivity contribution in [3.63, 3.8) is 0 Å². The zero-order valence-corrected chi connectivity index (χ0v) is 9.68. The average molecular weight is 243 g/mol. The van der Waals surface area contributed by atoms with Gasteiger partial charge in [0, 0.05) is 0 Å². The highest BCUT2D eigenvalue weighted by atomic mass is 19.1. The van der Waals surface area contributed by atoms with Gasteiger partial charge in [-0.15, -0.1) is 0 Å². The second-order valence-corrected chi connectivity index (χ2v) is 3.89. The molecule has 3 nitrogen and oxygen atoms in total. The third-order valence-corrected chi connectivity index (χ3v) is 2.56. The Bertz CT molecular complexity index is 625. The normalized spacial score (nSPS) is 11.8. The van der Waals surface area contributed by atoms with Gasteiger partial charge in [-0.2, -0.15) is 5.26 Å². The maximum absolute atomic E-state index is 13.1. The first-order valence-corrected chi connectivity index (χ1v) is 5.37. The molecule has 0 saturated heterocycles. The molecular formula is C14H10FNO2. The summed E-state index contributed by atoms with van der Waals surface area (Å²) < 4.78 is 18.3. The van der Waals surface area contributed by atoms with E-state index in [1.165, 1.54) is 24.3 Å². The summed E-state index contributed by atoms with van der Waals surface area (Å²) in [6.45, 7) is 1.71. The molecule has 0 radical (unpaired) electrons. The quantitative estimate of drug-likeness (QED) is 0.778. The standard InChI is InChI=1S/C14H10FNO2/c1-9-5-6-13(18-9)14(17)12(8-16)10-3-2-4-11(15)7-10/h2-7,12H,1H3. The molecule has 1 heterocycles. The lowest BCUT2D eigenvalue weighted by molar-refractivity contribution is 0.0950. The van der Waals surface area contributed by atoms with Gasteiger partial charge in [-0.05, 0) is 36.8 Å². The number of rotatable bonds is 3. The lowest BCUT2D eigenvalue weighted by atomic mass is 9.95. The predicted octanol–water partition coefficient (Wildman–Crippen LogP) is 3.22. The lowest BCUT2D eigenvalue weighted by Crippen LogP contribution is -2.10. The molecule has 0 aliphatic carbocycles. The summed E-state index contributed by atoms with van der Waals surface area (Å²) in [6.07, 6.45) is 0. The molecule has 0 saturated carbocycles. The van der Waals surface area contributed by atoms with Gasteiger partial charge in [-0.25, -0.2) is 4.39 Å². The van der Waals surface area contributed by atoms with Crippen LogP contribution in [-0.4, -0.2) is 5.78 Å². The van der Waals surface area contributed by atoms with Gasteiger partial charge in [0.05, 0.1) is 6.07 Å². The van der Waals surface area contributed by atoms with Crippen molar-refractivity contribution in [2.75, 3.05) is 0 Å². The summed E-state index contributed by atoms with van der Waals surface area (Å²) in [5.74, 6) is -1.28. The number of nitriles is 1. The fourth-order valence-electron chi connectivity index (χ4n) is 1.68. The van der Waals surface area contributed by atoms with E-state index in [9.17, 15) is 9.18 Å². The van der Waals surface area contributed by atoms with Gasteiger partial charge >= 0.3 is 0 Å². The molecule has 1 unspecified atom stereocenters. The molecule has 1 atom stereocenters. The number of furan rings is 1. The first-order valence-electron chi connectivity index (χ1n) is 5.37. The Labute approximate surface area is 103 Å². The maximum Gasteiger partial charge on any atom is 0.219 e. The van der Waals surface area contributed by atoms with Gasteiger partial charge < -0.3 is 4.42 Å². The van der Waals surface area contributed by atoms with Crippen LogP contribution in [0.15, 0.2) is 40.8 Å². The van der Waals surface area contributed by atoms with Gasteiger partial charge in [0.25, 0.3) is 0 Å². The van der Waals surface area contributed by atoms with E-state index in [0.29, 0.717) is 11.3 Å². The highest BCUT2D eigenvalue weighted by Crippen LogP contribution is 2.22. The topological polar surface area (TPSA) is 54.0 Å². The van der Waals surface area contributed by atoms with E-state index in [4.69, 9.17) is 9.68 Å². The van der Waals surface area contributed by atoms with Crippen molar-refractivity contribution < 1.29 is 13.6 Å². The monoisotopic (exact) mass is 243 g/mol. The molecule has 0 aliphatic heterocycles. The average Bonchev–Trinajstić information content (AvgIpc) is 2.77. The Morgan fingerprint density at radius 2 is 2.17 bits per heavy atom. The number of benzene rings is 1. The molecule has 0 amide bonds. The fourth-order valence-corrected chi connectivity index (χ4v) is 1.68. The van der Waals surface area contributed by atoms with Gasteiger partial charge in [-0.1, -0.05) is 12.1 Å². The van der Waals surface area contributed by atoms with Crippen molar-refractivity contribution in [2.24, 2.45) is 0 Å². The van der Waals surface area contributed by atoms with E-state index in [2.05, 4.69) is 0 Å². The number of aryl methyl sites for hydroxylation is 1. The van der Waals surface area contributed by atoms with Crippen molar-refractivity contribution in [2.45, 2.75) is 12.8 Å². The number of carbonyl (C=O) groups is 1. The molecule has 0 aliphatic rings. The Morgan fingerprint density at radius 3 is 2.72 bits per heavy atom. The minimum Gasteiger partial charge on any atom is -0.458 e. The van der Waals surface area contributed by atoms with Gasteiger partial charge in [-0.3, -0.25) is 4.79 Å². The molecular weight excluding hydrogens is 233 g/mol. The number of nitrogens with zero attached hydrogens (tertiary/aromatic N) is 1. The summed E-state index contributed by atoms with van der Waals surface area (Å²) in [7, 11) is 0. The molecule has 0 fully saturated rings. The van der Waals surface area contributed by atoms with Crippen LogP contribution in [0.3, 0.4) is 0 Å². The van der Waals surface area contributed by atoms with E-state index >= 15 is 0 Å². The molecule has 0 spiro atoms. The summed E-state index contributed by atoms with van der Waals surface area (Å²) in [4.78, 5) is 12.1. The molecule has 0 N–H and O–H groups in total. The molecule has 1 aromatic heterocycles. The molecule has 90 valence electrons. The third-order valence-electron chi connectivity index (χ3n) is 2.56. The van der Waals surface area contributed by atoms with Crippen LogP contribution in [0.25, 0.3) is 0 Å². The number of halogens is 1. The van der Waals surface area contributed by atoms with Crippen molar-refractivity contribution in [1.82, 2.24) is 0 Å². The van der Waals surface area contributed by atoms with E-state index in [0.717, 1.165) is 0 Å². The highest BCUT2D eigenvalue weighted by Gasteiger charge is 2.24. The van der Waals surface area contributed by atoms with E-state index in [-0.39, 0.29) is 5.76 Å². The largest absolute Gasteiger partial charge is 0.458 e. The SMILES string of the molecule is Cc1ccc(C(=O)C(C#N)c2cccc(F)c2)o1. The van der Waals surface area contributed by atoms with E-state index < -0.39 is 17.5 Å². The van der Waals surface area contributed by atoms with Gasteiger partial charge in [0.2, 0.25) is 5.78 Å². The van der Waals surface area contributed by atoms with Crippen LogP contribution in [0.5, 0.6) is 0 Å². The Kier molecular flexibility index (Phi) is 3.24. The highest BCUT2D eigenvalue weighted by molar-refractivity contribution is 6.00. The zero-order chi connectivity index (χ0) is 13.1. The lowest BCUT2D eigenvalue weighted by Gasteiger charge is -2.06. The summed E-state index contributed by atoms with van der Waals surface area (Å²) >= 11 is 0. The van der Waals surface area contributed by atoms with Crippen molar-refractivity contribution in [3.8, 4) is 6.07 Å². The number of hydrogen-bond donors (Lipinski definition) is 0. The van der Waals surface area contributed by atoms with Crippen LogP contribution in [0.2, 0.25) is 0 Å². The van der Waals surface area contributed by atoms with Gasteiger partial charge in [0.1, 0.15) is 17.5 Å². The predicted molar refractivity (Wildman–Crippen MR) is 62.5 cm³/mol. The number of hydrogen-bond acceptors (Lipinski definition) is 3. The number of carbonyl (C=O) groups excluding carboxylic acids is 1. The molecule has 1 aromatic carbocycles. The second kappa shape index (κ2) is 4.84. The van der Waals surface area contributed by atoms with Crippen molar-refractivity contribution in [3.05, 3.63) is 59.3 Å². The smallest absolute Gasteiger partial charge is 0.219 e. The first kappa shape index (κ1) is 12.1. The van der Waals surface area contributed by atoms with Crippen LogP contribution < -0.4 is 0 Å². The van der Waals surface area contributed by atoms with Crippen molar-refractivity contribution in [1.29, 1.82) is 5.26 Å². The van der Waals surface area contributed by atoms with E-state index in [1.54, 1.807) is 19.1 Å². The minimum atomic E-state index is -1.05. The minimum absolute atomic E-state index is 0.114. The first-order chi connectivity index (χ1) is 8.61. The molecule has 0 bridgehead atoms. The fraction of sp³-hybridized carbons (Fsp3) is 0.143. The second-order valence-electron chi connectivity index (χ2n) is 3.89. The molecule has 18 heavy (non-hydrogen) atoms. The van der Waals surface area contributed by atoms with Crippen LogP contribution in [0.1, 0.15) is 27.8 Å². The van der Waals surface area contributed by atoms with Crippen LogP contribution in [-0.2, 0) is 0 Å². The maximum atomic E-state index is 13.1. The van der Waals surface area contributed by atoms with Crippen LogP contribution >= 0.6 is 0 Å². The van der Waals surface area contributed by atoms with E-state index in [1.807, 2.05) is 6.07 Å². The molecule has 2 rings (SSSR count). The Balaban J connectivity index is 2.35. The summed E-state index contributed by atoms with van der Waals surface area (Å²) in [5.41, 5.74) is 0.330. The van der Waals surface area contributed by atoms with Crippen molar-refractivity contribution >= 4 is 5.78 Å². The van der Waals surface area contributed by atoms with Crippen LogP contribution in [0, 0.1) is 24.1 Å². The zero-order valence-electron chi connectivity index (χ0n) is 9.68. The molecule has 4 heteroatoms. The van der Waals surface area contributed by atoms with Gasteiger partial charge in [0.15, 0.2) is 5.76 Å². The number of Topliss-reactive ketones (excluding diaryl/α,β-unsaturated/α-hetero) is 1. The third kappa shape index (κ3) is 2.30. The Hall–Kier alpha value is -2.41. The Morgan fingerprint density at radius 1 is 1.39 bits per heavy atom. The number of ketones is 1. The summed E-state index contributed by atoms with van der Waals surface area (Å²) in [5, 5.41) is 9.07.